The number of ether oxygens (including phenoxy) is 1. The molecule has 1 aliphatic rings. The lowest BCUT2D eigenvalue weighted by molar-refractivity contribution is 0.0489. The van der Waals surface area contributed by atoms with Crippen LogP contribution >= 0.6 is 0 Å². The summed E-state index contributed by atoms with van der Waals surface area (Å²) in [6, 6.07) is 12.2. The van der Waals surface area contributed by atoms with Gasteiger partial charge in [0.2, 0.25) is 5.76 Å². The van der Waals surface area contributed by atoms with Crippen molar-refractivity contribution in [3.8, 4) is 0 Å². The minimum Gasteiger partial charge on any atom is -0.460 e. The fraction of sp³-hybridized carbons (Fsp3) is 0.333. The number of furan rings is 1. The topological polar surface area (TPSA) is 63.0 Å². The number of hydrogen-bond acceptors (Lipinski definition) is 6. The Morgan fingerprint density at radius 3 is 2.52 bits per heavy atom. The molecule has 31 heavy (non-hydrogen) atoms. The lowest BCUT2D eigenvalue weighted by Crippen LogP contribution is -2.46. The van der Waals surface area contributed by atoms with Crippen LogP contribution in [0.2, 0.25) is 0 Å². The van der Waals surface area contributed by atoms with Crippen LogP contribution in [0.5, 0.6) is 0 Å². The predicted octanol–water partition coefficient (Wildman–Crippen LogP) is 4.27. The Balaban J connectivity index is 1.49. The maximum absolute atomic E-state index is 14.5. The second-order valence-electron chi connectivity index (χ2n) is 7.61. The molecule has 3 aromatic rings. The Labute approximate surface area is 180 Å². The van der Waals surface area contributed by atoms with E-state index < -0.39 is 5.97 Å². The highest BCUT2D eigenvalue weighted by Gasteiger charge is 2.26. The molecule has 2 heterocycles. The van der Waals surface area contributed by atoms with Gasteiger partial charge in [-0.15, -0.1) is 0 Å². The number of carbonyl (C=O) groups excluding carboxylic acids is 2. The molecule has 4 rings (SSSR count). The highest BCUT2D eigenvalue weighted by atomic mass is 19.1. The molecule has 0 spiro atoms. The van der Waals surface area contributed by atoms with Crippen molar-refractivity contribution in [1.29, 1.82) is 0 Å². The summed E-state index contributed by atoms with van der Waals surface area (Å²) in [5.74, 6) is -0.747. The molecular formula is C24H25FN2O4. The Morgan fingerprint density at radius 2 is 1.84 bits per heavy atom. The van der Waals surface area contributed by atoms with Crippen molar-refractivity contribution in [3.05, 3.63) is 65.2 Å². The van der Waals surface area contributed by atoms with Gasteiger partial charge in [-0.1, -0.05) is 18.2 Å². The van der Waals surface area contributed by atoms with Crippen LogP contribution in [0.3, 0.4) is 0 Å². The van der Waals surface area contributed by atoms with Crippen molar-refractivity contribution in [2.75, 3.05) is 37.7 Å². The smallest absolute Gasteiger partial charge is 0.374 e. The maximum Gasteiger partial charge on any atom is 0.374 e. The summed E-state index contributed by atoms with van der Waals surface area (Å²) in [5.41, 5.74) is 2.36. The first-order valence-electron chi connectivity index (χ1n) is 10.4. The Bertz CT molecular complexity index is 1120. The zero-order valence-electron chi connectivity index (χ0n) is 17.7. The highest BCUT2D eigenvalue weighted by Crippen LogP contribution is 2.29. The molecule has 0 amide bonds. The summed E-state index contributed by atoms with van der Waals surface area (Å²) >= 11 is 0. The minimum atomic E-state index is -0.458. The fourth-order valence-electron chi connectivity index (χ4n) is 3.97. The molecule has 6 nitrogen and oxygen atoms in total. The lowest BCUT2D eigenvalue weighted by Gasteiger charge is -2.36. The van der Waals surface area contributed by atoms with Crippen LogP contribution in [-0.2, 0) is 11.3 Å². The number of Topliss-reactive ketones (excluding diaryl/α,β-unsaturated/α-hetero) is 1. The van der Waals surface area contributed by atoms with Crippen molar-refractivity contribution in [1.82, 2.24) is 4.90 Å². The van der Waals surface area contributed by atoms with Gasteiger partial charge in [0.25, 0.3) is 0 Å². The van der Waals surface area contributed by atoms with Gasteiger partial charge < -0.3 is 14.1 Å². The maximum atomic E-state index is 14.5. The second kappa shape index (κ2) is 8.89. The number of esters is 1. The lowest BCUT2D eigenvalue weighted by atomic mass is 10.1. The van der Waals surface area contributed by atoms with Crippen molar-refractivity contribution in [2.24, 2.45) is 0 Å². The van der Waals surface area contributed by atoms with E-state index in [2.05, 4.69) is 4.90 Å². The van der Waals surface area contributed by atoms with Crippen LogP contribution in [0, 0.1) is 5.82 Å². The van der Waals surface area contributed by atoms with Crippen molar-refractivity contribution in [2.45, 2.75) is 20.4 Å². The van der Waals surface area contributed by atoms with Crippen LogP contribution in [0.4, 0.5) is 10.1 Å². The standard InChI is InChI=1S/C24H25FN2O4/c1-3-30-24(29)23-19(18-6-4-5-7-22(18)31-23)15-26-10-12-27(13-11-26)21-9-8-17(16(2)28)14-20(21)25/h4-9,14H,3,10-13,15H2,1-2H3. The van der Waals surface area contributed by atoms with Gasteiger partial charge in [-0.2, -0.15) is 0 Å². The zero-order chi connectivity index (χ0) is 22.0. The number of anilines is 1. The second-order valence-corrected chi connectivity index (χ2v) is 7.61. The average molecular weight is 424 g/mol. The van der Waals surface area contributed by atoms with Crippen LogP contribution in [0.25, 0.3) is 11.0 Å². The SMILES string of the molecule is CCOC(=O)c1oc2ccccc2c1CN1CCN(c2ccc(C(C)=O)cc2F)CC1. The van der Waals surface area contributed by atoms with E-state index in [0.717, 1.165) is 10.9 Å². The molecule has 0 atom stereocenters. The Morgan fingerprint density at radius 1 is 1.10 bits per heavy atom. The van der Waals surface area contributed by atoms with E-state index in [1.54, 1.807) is 19.1 Å². The summed E-state index contributed by atoms with van der Waals surface area (Å²) in [7, 11) is 0. The summed E-state index contributed by atoms with van der Waals surface area (Å²) in [5, 5.41) is 0.902. The quantitative estimate of drug-likeness (QED) is 0.435. The molecule has 0 aliphatic carbocycles. The third kappa shape index (κ3) is 4.32. The monoisotopic (exact) mass is 424 g/mol. The van der Waals surface area contributed by atoms with Gasteiger partial charge in [-0.25, -0.2) is 9.18 Å². The number of nitrogens with zero attached hydrogens (tertiary/aromatic N) is 2. The number of hydrogen-bond donors (Lipinski definition) is 0. The number of carbonyl (C=O) groups is 2. The summed E-state index contributed by atoms with van der Waals surface area (Å²) in [6.07, 6.45) is 0. The van der Waals surface area contributed by atoms with Crippen LogP contribution < -0.4 is 4.90 Å². The number of fused-ring (bicyclic) bond motifs is 1. The Kier molecular flexibility index (Phi) is 6.04. The van der Waals surface area contributed by atoms with Gasteiger partial charge in [0, 0.05) is 49.2 Å². The van der Waals surface area contributed by atoms with Gasteiger partial charge >= 0.3 is 5.97 Å². The number of ketones is 1. The van der Waals surface area contributed by atoms with Crippen molar-refractivity contribution < 1.29 is 23.1 Å². The molecule has 0 N–H and O–H groups in total. The third-order valence-corrected chi connectivity index (χ3v) is 5.61. The largest absolute Gasteiger partial charge is 0.460 e. The zero-order valence-corrected chi connectivity index (χ0v) is 17.7. The van der Waals surface area contributed by atoms with E-state index in [4.69, 9.17) is 9.15 Å². The summed E-state index contributed by atoms with van der Waals surface area (Å²) in [4.78, 5) is 28.1. The highest BCUT2D eigenvalue weighted by molar-refractivity contribution is 5.96. The predicted molar refractivity (Wildman–Crippen MR) is 116 cm³/mol. The van der Waals surface area contributed by atoms with Crippen molar-refractivity contribution >= 4 is 28.4 Å². The van der Waals surface area contributed by atoms with E-state index in [1.165, 1.54) is 13.0 Å². The summed E-state index contributed by atoms with van der Waals surface area (Å²) in [6.45, 7) is 6.71. The van der Waals surface area contributed by atoms with Gasteiger partial charge in [0.05, 0.1) is 12.3 Å². The van der Waals surface area contributed by atoms with Gasteiger partial charge in [-0.05, 0) is 38.1 Å². The molecular weight excluding hydrogens is 399 g/mol. The molecule has 1 fully saturated rings. The van der Waals surface area contributed by atoms with E-state index in [1.807, 2.05) is 29.2 Å². The third-order valence-electron chi connectivity index (χ3n) is 5.61. The number of para-hydroxylation sites is 1. The number of benzene rings is 2. The first kappa shape index (κ1) is 21.1. The molecule has 162 valence electrons. The molecule has 1 saturated heterocycles. The van der Waals surface area contributed by atoms with Gasteiger partial charge in [-0.3, -0.25) is 9.69 Å². The molecule has 1 aromatic heterocycles. The van der Waals surface area contributed by atoms with E-state index in [0.29, 0.717) is 49.6 Å². The molecule has 7 heteroatoms. The molecule has 0 saturated carbocycles. The normalized spacial score (nSPS) is 14.7. The van der Waals surface area contributed by atoms with Crippen LogP contribution in [0.15, 0.2) is 46.9 Å². The van der Waals surface area contributed by atoms with E-state index in [-0.39, 0.29) is 24.0 Å². The van der Waals surface area contributed by atoms with Crippen LogP contribution in [0.1, 0.15) is 40.3 Å². The molecule has 2 aromatic carbocycles. The van der Waals surface area contributed by atoms with Gasteiger partial charge in [0.15, 0.2) is 5.78 Å². The number of piperazine rings is 1. The van der Waals surface area contributed by atoms with E-state index >= 15 is 0 Å². The molecule has 0 radical (unpaired) electrons. The molecule has 0 unspecified atom stereocenters. The molecule has 1 aliphatic heterocycles. The first-order chi connectivity index (χ1) is 15.0. The fourth-order valence-corrected chi connectivity index (χ4v) is 3.97. The average Bonchev–Trinajstić information content (AvgIpc) is 3.13. The van der Waals surface area contributed by atoms with Gasteiger partial charge in [0.1, 0.15) is 11.4 Å². The Hall–Kier alpha value is -3.19. The van der Waals surface area contributed by atoms with Crippen molar-refractivity contribution in [3.63, 3.8) is 0 Å². The summed E-state index contributed by atoms with van der Waals surface area (Å²) < 4.78 is 25.5. The van der Waals surface area contributed by atoms with Crippen LogP contribution in [-0.4, -0.2) is 49.4 Å². The van der Waals surface area contributed by atoms with E-state index in [9.17, 15) is 14.0 Å². The molecule has 0 bridgehead atoms. The minimum absolute atomic E-state index is 0.153. The number of halogens is 1. The number of rotatable bonds is 6. The first-order valence-corrected chi connectivity index (χ1v) is 10.4.